The van der Waals surface area contributed by atoms with E-state index in [2.05, 4.69) is 34.5 Å². The minimum absolute atomic E-state index is 0.240. The number of benzene rings is 2. The molecule has 1 unspecified atom stereocenters. The first kappa shape index (κ1) is 22.8. The number of aliphatic hydroxyl groups excluding tert-OH is 1. The highest BCUT2D eigenvalue weighted by Crippen LogP contribution is 2.33. The highest BCUT2D eigenvalue weighted by Gasteiger charge is 2.51. The van der Waals surface area contributed by atoms with Crippen LogP contribution in [0.15, 0.2) is 60.7 Å². The molecule has 30 heavy (non-hydrogen) atoms. The topological polar surface area (TPSA) is 35.5 Å². The molecule has 0 aromatic heterocycles. The van der Waals surface area contributed by atoms with Crippen molar-refractivity contribution in [1.29, 1.82) is 0 Å². The Balaban J connectivity index is 1.65. The van der Waals surface area contributed by atoms with Crippen LogP contribution in [-0.4, -0.2) is 40.4 Å². The Bertz CT molecular complexity index is 720. The lowest BCUT2D eigenvalue weighted by atomic mass is 9.87. The molecule has 0 amide bonds. The molecule has 2 aromatic carbocycles. The lowest BCUT2D eigenvalue weighted by Gasteiger charge is -2.41. The Labute approximate surface area is 176 Å². The van der Waals surface area contributed by atoms with Crippen LogP contribution in [0.2, 0.25) is 0 Å². The number of hydrogen-bond donors (Lipinski definition) is 2. The van der Waals surface area contributed by atoms with Gasteiger partial charge in [0, 0.05) is 25.2 Å². The molecule has 2 N–H and O–H groups in total. The van der Waals surface area contributed by atoms with Gasteiger partial charge in [-0.1, -0.05) is 60.7 Å². The predicted molar refractivity (Wildman–Crippen MR) is 113 cm³/mol. The van der Waals surface area contributed by atoms with Gasteiger partial charge in [0.25, 0.3) is 0 Å². The molecule has 0 saturated heterocycles. The molecule has 1 fully saturated rings. The summed E-state index contributed by atoms with van der Waals surface area (Å²) in [6, 6.07) is 20.7. The summed E-state index contributed by atoms with van der Waals surface area (Å²) in [4.78, 5) is 2.44. The van der Waals surface area contributed by atoms with Crippen molar-refractivity contribution in [1.82, 2.24) is 10.2 Å². The van der Waals surface area contributed by atoms with E-state index >= 15 is 0 Å². The van der Waals surface area contributed by atoms with Crippen LogP contribution < -0.4 is 5.32 Å². The van der Waals surface area contributed by atoms with Crippen LogP contribution in [0.1, 0.15) is 43.7 Å². The van der Waals surface area contributed by atoms with E-state index in [0.717, 1.165) is 32.9 Å². The van der Waals surface area contributed by atoms with E-state index in [1.165, 1.54) is 11.1 Å². The third kappa shape index (κ3) is 5.84. The molecule has 1 aliphatic rings. The molecule has 0 spiro atoms. The fourth-order valence-electron chi connectivity index (χ4n) is 4.20. The number of nitrogens with zero attached hydrogens (tertiary/aromatic N) is 1. The van der Waals surface area contributed by atoms with Gasteiger partial charge in [0.05, 0.1) is 6.61 Å². The third-order valence-electron chi connectivity index (χ3n) is 6.13. The summed E-state index contributed by atoms with van der Waals surface area (Å²) in [5.41, 5.74) is 0.218. The van der Waals surface area contributed by atoms with E-state index in [-0.39, 0.29) is 6.04 Å². The maximum Gasteiger partial charge on any atom is 0.408 e. The molecule has 1 aliphatic carbocycles. The Morgan fingerprint density at radius 2 is 1.33 bits per heavy atom. The van der Waals surface area contributed by atoms with Gasteiger partial charge in [0.2, 0.25) is 0 Å². The van der Waals surface area contributed by atoms with Crippen molar-refractivity contribution in [2.75, 3.05) is 6.61 Å². The molecule has 0 bridgehead atoms. The second-order valence-corrected chi connectivity index (χ2v) is 8.51. The quantitative estimate of drug-likeness (QED) is 0.637. The summed E-state index contributed by atoms with van der Waals surface area (Å²) in [7, 11) is 0. The van der Waals surface area contributed by atoms with Crippen LogP contribution in [0.5, 0.6) is 0 Å². The van der Waals surface area contributed by atoms with E-state index in [0.29, 0.717) is 18.9 Å². The Morgan fingerprint density at radius 1 is 0.867 bits per heavy atom. The van der Waals surface area contributed by atoms with Gasteiger partial charge < -0.3 is 5.11 Å². The average molecular weight is 421 g/mol. The van der Waals surface area contributed by atoms with E-state index in [4.69, 9.17) is 0 Å². The van der Waals surface area contributed by atoms with Crippen molar-refractivity contribution in [2.24, 2.45) is 0 Å². The van der Waals surface area contributed by atoms with E-state index in [9.17, 15) is 18.3 Å². The first-order valence-electron chi connectivity index (χ1n) is 10.6. The van der Waals surface area contributed by atoms with Crippen molar-refractivity contribution in [3.05, 3.63) is 71.8 Å². The summed E-state index contributed by atoms with van der Waals surface area (Å²) in [6.45, 7) is 1.71. The fraction of sp³-hybridized carbons (Fsp3) is 0.500. The minimum Gasteiger partial charge on any atom is -0.394 e. The third-order valence-corrected chi connectivity index (χ3v) is 6.13. The second kappa shape index (κ2) is 9.94. The molecule has 3 rings (SSSR count). The van der Waals surface area contributed by atoms with Crippen molar-refractivity contribution in [3.8, 4) is 0 Å². The summed E-state index contributed by atoms with van der Waals surface area (Å²) >= 11 is 0. The molecule has 3 nitrogen and oxygen atoms in total. The zero-order chi connectivity index (χ0) is 21.6. The van der Waals surface area contributed by atoms with Crippen molar-refractivity contribution in [3.63, 3.8) is 0 Å². The molecule has 2 aromatic rings. The summed E-state index contributed by atoms with van der Waals surface area (Å²) in [6.07, 6.45) is -1.49. The summed E-state index contributed by atoms with van der Waals surface area (Å²) in [5.74, 6) is 0. The molecular formula is C24H31F3N2O. The van der Waals surface area contributed by atoms with Gasteiger partial charge in [-0.15, -0.1) is 0 Å². The Morgan fingerprint density at radius 3 is 1.73 bits per heavy atom. The van der Waals surface area contributed by atoms with E-state index < -0.39 is 18.3 Å². The molecular weight excluding hydrogens is 389 g/mol. The van der Waals surface area contributed by atoms with Gasteiger partial charge in [-0.25, -0.2) is 0 Å². The van der Waals surface area contributed by atoms with Crippen LogP contribution >= 0.6 is 0 Å². The van der Waals surface area contributed by atoms with Crippen LogP contribution in [-0.2, 0) is 13.1 Å². The maximum atomic E-state index is 13.3. The number of aliphatic hydroxyl groups is 1. The normalized spacial score (nSPS) is 22.1. The van der Waals surface area contributed by atoms with E-state index in [1.54, 1.807) is 0 Å². The number of rotatable bonds is 8. The first-order valence-corrected chi connectivity index (χ1v) is 10.6. The second-order valence-electron chi connectivity index (χ2n) is 8.51. The molecule has 0 heterocycles. The van der Waals surface area contributed by atoms with Gasteiger partial charge in [0.1, 0.15) is 5.54 Å². The van der Waals surface area contributed by atoms with Crippen LogP contribution in [0.25, 0.3) is 0 Å². The van der Waals surface area contributed by atoms with E-state index in [1.807, 2.05) is 36.4 Å². The molecule has 0 radical (unpaired) electrons. The smallest absolute Gasteiger partial charge is 0.394 e. The number of alkyl halides is 3. The van der Waals surface area contributed by atoms with Crippen LogP contribution in [0.4, 0.5) is 13.2 Å². The van der Waals surface area contributed by atoms with Gasteiger partial charge in [0.15, 0.2) is 0 Å². The standard InChI is InChI=1S/C24H31F3N2O/c1-23(18-30,24(25,26)27)28-21-12-14-22(15-13-21)29(16-19-8-4-2-5-9-19)17-20-10-6-3-7-11-20/h2-11,21-22,28,30H,12-18H2,1H3. The Hall–Kier alpha value is -1.89. The molecule has 1 atom stereocenters. The summed E-state index contributed by atoms with van der Waals surface area (Å²) in [5, 5.41) is 12.0. The molecule has 0 aliphatic heterocycles. The number of halogens is 3. The summed E-state index contributed by atoms with van der Waals surface area (Å²) < 4.78 is 40.0. The van der Waals surface area contributed by atoms with Crippen LogP contribution in [0, 0.1) is 0 Å². The van der Waals surface area contributed by atoms with Gasteiger partial charge in [-0.3, -0.25) is 10.2 Å². The fourth-order valence-corrected chi connectivity index (χ4v) is 4.20. The monoisotopic (exact) mass is 420 g/mol. The average Bonchev–Trinajstić information content (AvgIpc) is 2.74. The highest BCUT2D eigenvalue weighted by molar-refractivity contribution is 5.17. The van der Waals surface area contributed by atoms with Gasteiger partial charge >= 0.3 is 6.18 Å². The predicted octanol–water partition coefficient (Wildman–Crippen LogP) is 4.90. The first-order chi connectivity index (χ1) is 14.3. The lowest BCUT2D eigenvalue weighted by molar-refractivity contribution is -0.204. The number of nitrogens with one attached hydrogen (secondary N) is 1. The number of hydrogen-bond acceptors (Lipinski definition) is 3. The minimum atomic E-state index is -4.48. The zero-order valence-electron chi connectivity index (χ0n) is 17.4. The van der Waals surface area contributed by atoms with Gasteiger partial charge in [-0.05, 0) is 43.7 Å². The SMILES string of the molecule is CC(CO)(NC1CCC(N(Cc2ccccc2)Cc2ccccc2)CC1)C(F)(F)F. The van der Waals surface area contributed by atoms with Gasteiger partial charge in [-0.2, -0.15) is 13.2 Å². The lowest BCUT2D eigenvalue weighted by Crippen LogP contribution is -2.61. The van der Waals surface area contributed by atoms with Crippen molar-refractivity contribution in [2.45, 2.75) is 69.5 Å². The van der Waals surface area contributed by atoms with Crippen molar-refractivity contribution < 1.29 is 18.3 Å². The highest BCUT2D eigenvalue weighted by atomic mass is 19.4. The molecule has 6 heteroatoms. The van der Waals surface area contributed by atoms with Crippen molar-refractivity contribution >= 4 is 0 Å². The maximum absolute atomic E-state index is 13.3. The largest absolute Gasteiger partial charge is 0.408 e. The molecule has 164 valence electrons. The Kier molecular flexibility index (Phi) is 7.55. The zero-order valence-corrected chi connectivity index (χ0v) is 17.4. The molecule has 1 saturated carbocycles. The van der Waals surface area contributed by atoms with Crippen LogP contribution in [0.3, 0.4) is 0 Å².